The zero-order valence-electron chi connectivity index (χ0n) is 21.0. The van der Waals surface area contributed by atoms with Crippen LogP contribution >= 0.6 is 11.6 Å². The number of para-hydroxylation sites is 2. The smallest absolute Gasteiger partial charge is 0.268 e. The van der Waals surface area contributed by atoms with Gasteiger partial charge < -0.3 is 0 Å². The largest absolute Gasteiger partial charge is 0.343 e. The van der Waals surface area contributed by atoms with Crippen LogP contribution in [0.15, 0.2) is 103 Å². The van der Waals surface area contributed by atoms with Crippen LogP contribution in [0.1, 0.15) is 27.8 Å². The SMILES string of the molecule is Cc1cc(C)cc(Cc2ccc(Cl)cc2C=C2C(=O)N(c3ccccc3)C(=O)N(c3ccccc3)C2=O)c1. The van der Waals surface area contributed by atoms with Gasteiger partial charge in [-0.25, -0.2) is 14.6 Å². The third-order valence-electron chi connectivity index (χ3n) is 6.36. The van der Waals surface area contributed by atoms with Crippen molar-refractivity contribution in [2.24, 2.45) is 0 Å². The maximum atomic E-state index is 13.7. The molecule has 4 amide bonds. The van der Waals surface area contributed by atoms with E-state index in [1.807, 2.05) is 19.9 Å². The highest BCUT2D eigenvalue weighted by atomic mass is 35.5. The third kappa shape index (κ3) is 5.01. The van der Waals surface area contributed by atoms with E-state index < -0.39 is 17.8 Å². The average molecular weight is 521 g/mol. The second-order valence-corrected chi connectivity index (χ2v) is 9.75. The number of urea groups is 1. The average Bonchev–Trinajstić information content (AvgIpc) is 2.89. The monoisotopic (exact) mass is 520 g/mol. The number of aryl methyl sites for hydroxylation is 2. The summed E-state index contributed by atoms with van der Waals surface area (Å²) in [7, 11) is 0. The summed E-state index contributed by atoms with van der Waals surface area (Å²) in [5, 5.41) is 0.479. The number of carbonyl (C=O) groups excluding carboxylic acids is 3. The summed E-state index contributed by atoms with van der Waals surface area (Å²) >= 11 is 6.36. The van der Waals surface area contributed by atoms with Crippen molar-refractivity contribution < 1.29 is 14.4 Å². The fourth-order valence-corrected chi connectivity index (χ4v) is 4.93. The van der Waals surface area contributed by atoms with Gasteiger partial charge in [0.15, 0.2) is 0 Å². The van der Waals surface area contributed by atoms with Gasteiger partial charge in [0, 0.05) is 5.02 Å². The molecule has 188 valence electrons. The van der Waals surface area contributed by atoms with Crippen molar-refractivity contribution in [2.45, 2.75) is 20.3 Å². The van der Waals surface area contributed by atoms with Crippen LogP contribution in [0.4, 0.5) is 16.2 Å². The summed E-state index contributed by atoms with van der Waals surface area (Å²) in [6.45, 7) is 4.10. The van der Waals surface area contributed by atoms with Crippen molar-refractivity contribution in [3.05, 3.63) is 135 Å². The zero-order valence-corrected chi connectivity index (χ0v) is 21.8. The van der Waals surface area contributed by atoms with E-state index in [1.165, 1.54) is 0 Å². The Morgan fingerprint density at radius 3 is 1.74 bits per heavy atom. The normalized spacial score (nSPS) is 13.8. The Hall–Kier alpha value is -4.48. The number of hydrogen-bond donors (Lipinski definition) is 0. The molecule has 5 rings (SSSR count). The van der Waals surface area contributed by atoms with Crippen molar-refractivity contribution in [1.82, 2.24) is 0 Å². The molecule has 0 aliphatic carbocycles. The van der Waals surface area contributed by atoms with Crippen LogP contribution in [-0.2, 0) is 16.0 Å². The quantitative estimate of drug-likeness (QED) is 0.208. The van der Waals surface area contributed by atoms with Crippen LogP contribution < -0.4 is 9.80 Å². The summed E-state index contributed by atoms with van der Waals surface area (Å²) in [6.07, 6.45) is 2.14. The van der Waals surface area contributed by atoms with E-state index in [0.29, 0.717) is 28.4 Å². The predicted molar refractivity (Wildman–Crippen MR) is 151 cm³/mol. The molecule has 0 aromatic heterocycles. The number of anilines is 2. The van der Waals surface area contributed by atoms with Crippen LogP contribution in [0.5, 0.6) is 0 Å². The van der Waals surface area contributed by atoms with Crippen molar-refractivity contribution >= 4 is 46.9 Å². The number of amides is 4. The van der Waals surface area contributed by atoms with Gasteiger partial charge in [0.05, 0.1) is 11.4 Å². The van der Waals surface area contributed by atoms with Crippen LogP contribution in [0, 0.1) is 13.8 Å². The van der Waals surface area contributed by atoms with Crippen LogP contribution in [0.3, 0.4) is 0 Å². The standard InChI is InChI=1S/C32H25ClN2O3/c1-21-15-22(2)17-23(16-21)18-24-13-14-26(33)19-25(24)20-29-30(36)34(27-9-5-3-6-10-27)32(38)35(31(29)37)28-11-7-4-8-12-28/h3-17,19-20H,18H2,1-2H3. The number of benzene rings is 4. The number of nitrogens with zero attached hydrogens (tertiary/aromatic N) is 2. The number of imide groups is 2. The minimum Gasteiger partial charge on any atom is -0.268 e. The highest BCUT2D eigenvalue weighted by Crippen LogP contribution is 2.31. The fraction of sp³-hybridized carbons (Fsp3) is 0.0938. The molecule has 6 heteroatoms. The lowest BCUT2D eigenvalue weighted by Gasteiger charge is -2.34. The number of barbiturate groups is 1. The predicted octanol–water partition coefficient (Wildman–Crippen LogP) is 7.13. The van der Waals surface area contributed by atoms with Crippen LogP contribution in [-0.4, -0.2) is 17.8 Å². The number of halogens is 1. The molecular formula is C32H25ClN2O3. The molecule has 5 nitrogen and oxygen atoms in total. The number of hydrogen-bond acceptors (Lipinski definition) is 3. The molecule has 1 heterocycles. The Kier molecular flexibility index (Phi) is 6.95. The van der Waals surface area contributed by atoms with Gasteiger partial charge in [-0.15, -0.1) is 0 Å². The zero-order chi connectivity index (χ0) is 26.8. The molecule has 0 unspecified atom stereocenters. The lowest BCUT2D eigenvalue weighted by atomic mass is 9.95. The molecule has 0 bridgehead atoms. The van der Waals surface area contributed by atoms with E-state index in [2.05, 4.69) is 18.2 Å². The van der Waals surface area contributed by atoms with Gasteiger partial charge >= 0.3 is 6.03 Å². The lowest BCUT2D eigenvalue weighted by molar-refractivity contribution is -0.121. The van der Waals surface area contributed by atoms with Gasteiger partial charge in [0.1, 0.15) is 5.57 Å². The first-order valence-electron chi connectivity index (χ1n) is 12.2. The van der Waals surface area contributed by atoms with Crippen molar-refractivity contribution in [1.29, 1.82) is 0 Å². The molecule has 1 fully saturated rings. The Balaban J connectivity index is 1.64. The van der Waals surface area contributed by atoms with E-state index in [9.17, 15) is 14.4 Å². The Labute approximate surface area is 226 Å². The summed E-state index contributed by atoms with van der Waals surface area (Å²) < 4.78 is 0. The van der Waals surface area contributed by atoms with E-state index in [-0.39, 0.29) is 5.57 Å². The van der Waals surface area contributed by atoms with Gasteiger partial charge in [0.2, 0.25) is 0 Å². The van der Waals surface area contributed by atoms with Crippen molar-refractivity contribution in [3.63, 3.8) is 0 Å². The summed E-state index contributed by atoms with van der Waals surface area (Å²) in [6, 6.07) is 28.2. The number of carbonyl (C=O) groups is 3. The molecule has 0 atom stereocenters. The van der Waals surface area contributed by atoms with Gasteiger partial charge in [-0.2, -0.15) is 0 Å². The molecule has 1 aliphatic rings. The van der Waals surface area contributed by atoms with Gasteiger partial charge in [-0.05, 0) is 79.4 Å². The molecule has 0 spiro atoms. The highest BCUT2D eigenvalue weighted by Gasteiger charge is 2.43. The van der Waals surface area contributed by atoms with Gasteiger partial charge in [0.25, 0.3) is 11.8 Å². The maximum Gasteiger partial charge on any atom is 0.343 e. The Morgan fingerprint density at radius 2 is 1.21 bits per heavy atom. The van der Waals surface area contributed by atoms with E-state index in [4.69, 9.17) is 11.6 Å². The molecule has 0 saturated carbocycles. The number of rotatable bonds is 5. The molecule has 0 radical (unpaired) electrons. The van der Waals surface area contributed by atoms with E-state index in [0.717, 1.165) is 32.1 Å². The van der Waals surface area contributed by atoms with Gasteiger partial charge in [-0.1, -0.05) is 83.4 Å². The molecular weight excluding hydrogens is 496 g/mol. The Bertz CT molecular complexity index is 1500. The second-order valence-electron chi connectivity index (χ2n) is 9.31. The summed E-state index contributed by atoms with van der Waals surface area (Å²) in [5.74, 6) is -1.37. The third-order valence-corrected chi connectivity index (χ3v) is 6.60. The highest BCUT2D eigenvalue weighted by molar-refractivity contribution is 6.46. The van der Waals surface area contributed by atoms with Crippen molar-refractivity contribution in [2.75, 3.05) is 9.80 Å². The Morgan fingerprint density at radius 1 is 0.684 bits per heavy atom. The summed E-state index contributed by atoms with van der Waals surface area (Å²) in [5.41, 5.74) is 5.60. The molecule has 38 heavy (non-hydrogen) atoms. The first-order valence-corrected chi connectivity index (χ1v) is 12.6. The van der Waals surface area contributed by atoms with E-state index >= 15 is 0 Å². The minimum atomic E-state index is -0.726. The topological polar surface area (TPSA) is 57.7 Å². The van der Waals surface area contributed by atoms with Crippen molar-refractivity contribution in [3.8, 4) is 0 Å². The molecule has 1 saturated heterocycles. The second kappa shape index (κ2) is 10.5. The molecule has 4 aromatic carbocycles. The fourth-order valence-electron chi connectivity index (χ4n) is 4.75. The molecule has 1 aliphatic heterocycles. The van der Waals surface area contributed by atoms with E-state index in [1.54, 1.807) is 78.9 Å². The first kappa shape index (κ1) is 25.2. The minimum absolute atomic E-state index is 0.124. The lowest BCUT2D eigenvalue weighted by Crippen LogP contribution is -2.57. The molecule has 4 aromatic rings. The van der Waals surface area contributed by atoms with Crippen LogP contribution in [0.2, 0.25) is 5.02 Å². The summed E-state index contributed by atoms with van der Waals surface area (Å²) in [4.78, 5) is 43.1. The van der Waals surface area contributed by atoms with Gasteiger partial charge in [-0.3, -0.25) is 9.59 Å². The molecule has 0 N–H and O–H groups in total. The van der Waals surface area contributed by atoms with Crippen LogP contribution in [0.25, 0.3) is 6.08 Å². The maximum absolute atomic E-state index is 13.7. The first-order chi connectivity index (χ1) is 18.3.